The smallest absolute Gasteiger partial charge is 0.354 e. The second-order valence-corrected chi connectivity index (χ2v) is 4.66. The predicted octanol–water partition coefficient (Wildman–Crippen LogP) is 2.78. The minimum absolute atomic E-state index is 0.0650. The van der Waals surface area contributed by atoms with E-state index in [-0.39, 0.29) is 5.69 Å². The fourth-order valence-corrected chi connectivity index (χ4v) is 1.80. The molecule has 1 heterocycles. The average molecular weight is 274 g/mol. The molecule has 1 aromatic heterocycles. The van der Waals surface area contributed by atoms with Crippen LogP contribution >= 0.6 is 27.7 Å². The van der Waals surface area contributed by atoms with Crippen LogP contribution in [0.3, 0.4) is 0 Å². The quantitative estimate of drug-likeness (QED) is 0.858. The largest absolute Gasteiger partial charge is 0.477 e. The van der Waals surface area contributed by atoms with Crippen molar-refractivity contribution in [2.45, 2.75) is 4.90 Å². The van der Waals surface area contributed by atoms with Gasteiger partial charge in [-0.15, -0.1) is 11.8 Å². The molecule has 5 heteroatoms. The molecule has 0 bridgehead atoms. The minimum Gasteiger partial charge on any atom is -0.477 e. The first-order valence-corrected chi connectivity index (χ1v) is 5.53. The van der Waals surface area contributed by atoms with E-state index in [0.29, 0.717) is 5.75 Å². The first-order valence-electron chi connectivity index (χ1n) is 3.75. The molecule has 0 aliphatic heterocycles. The van der Waals surface area contributed by atoms with Crippen LogP contribution in [-0.4, -0.2) is 21.8 Å². The fraction of sp³-hybridized carbons (Fsp3) is 0.111. The van der Waals surface area contributed by atoms with Gasteiger partial charge in [0.25, 0.3) is 0 Å². The first kappa shape index (κ1) is 11.3. The molecule has 1 rings (SSSR count). The summed E-state index contributed by atoms with van der Waals surface area (Å²) in [7, 11) is 0. The minimum atomic E-state index is -1.01. The standard InChI is InChI=1S/C9H8BrNO2S/c1-6(10)5-14-7-2-3-11-8(4-7)9(12)13/h2-4H,1,5H2,(H,12,13). The van der Waals surface area contributed by atoms with Crippen molar-refractivity contribution in [3.8, 4) is 0 Å². The Kier molecular flexibility index (Phi) is 4.16. The molecule has 3 nitrogen and oxygen atoms in total. The van der Waals surface area contributed by atoms with Gasteiger partial charge in [0.2, 0.25) is 0 Å². The Balaban J connectivity index is 2.73. The Labute approximate surface area is 94.4 Å². The third kappa shape index (κ3) is 3.51. The Morgan fingerprint density at radius 2 is 2.43 bits per heavy atom. The zero-order valence-electron chi connectivity index (χ0n) is 7.24. The summed E-state index contributed by atoms with van der Waals surface area (Å²) in [4.78, 5) is 15.2. The molecule has 0 aromatic carbocycles. The zero-order chi connectivity index (χ0) is 10.6. The van der Waals surface area contributed by atoms with Crippen LogP contribution < -0.4 is 0 Å². The van der Waals surface area contributed by atoms with Gasteiger partial charge >= 0.3 is 5.97 Å². The van der Waals surface area contributed by atoms with Crippen molar-refractivity contribution >= 4 is 33.7 Å². The number of thioether (sulfide) groups is 1. The molecule has 14 heavy (non-hydrogen) atoms. The number of carboxylic acid groups (broad SMARTS) is 1. The van der Waals surface area contributed by atoms with Crippen molar-refractivity contribution in [1.29, 1.82) is 0 Å². The number of aromatic nitrogens is 1. The summed E-state index contributed by atoms with van der Waals surface area (Å²) in [6, 6.07) is 3.32. The molecular formula is C9H8BrNO2S. The number of carbonyl (C=O) groups is 1. The van der Waals surface area contributed by atoms with E-state index >= 15 is 0 Å². The molecule has 0 spiro atoms. The van der Waals surface area contributed by atoms with Gasteiger partial charge in [-0.05, 0) is 16.6 Å². The second kappa shape index (κ2) is 5.17. The van der Waals surface area contributed by atoms with Crippen molar-refractivity contribution in [1.82, 2.24) is 4.98 Å². The molecule has 0 saturated heterocycles. The van der Waals surface area contributed by atoms with Crippen LogP contribution in [-0.2, 0) is 0 Å². The SMILES string of the molecule is C=C(Br)CSc1ccnc(C(=O)O)c1. The highest BCUT2D eigenvalue weighted by Crippen LogP contribution is 2.21. The summed E-state index contributed by atoms with van der Waals surface area (Å²) in [5.41, 5.74) is 0.0650. The molecule has 0 aliphatic carbocycles. The highest BCUT2D eigenvalue weighted by atomic mass is 79.9. The molecule has 1 aromatic rings. The van der Waals surface area contributed by atoms with Gasteiger partial charge in [0.15, 0.2) is 0 Å². The number of pyridine rings is 1. The Morgan fingerprint density at radius 3 is 3.00 bits per heavy atom. The molecule has 1 N–H and O–H groups in total. The normalized spacial score (nSPS) is 9.79. The lowest BCUT2D eigenvalue weighted by molar-refractivity contribution is 0.0690. The summed E-state index contributed by atoms with van der Waals surface area (Å²) in [6.45, 7) is 3.69. The molecule has 0 unspecified atom stereocenters. The van der Waals surface area contributed by atoms with Gasteiger partial charge in [0, 0.05) is 16.8 Å². The van der Waals surface area contributed by atoms with Gasteiger partial charge < -0.3 is 5.11 Å². The van der Waals surface area contributed by atoms with Gasteiger partial charge in [-0.2, -0.15) is 0 Å². The number of hydrogen-bond donors (Lipinski definition) is 1. The van der Waals surface area contributed by atoms with Crippen molar-refractivity contribution < 1.29 is 9.90 Å². The lowest BCUT2D eigenvalue weighted by Gasteiger charge is -2.00. The van der Waals surface area contributed by atoms with Crippen molar-refractivity contribution in [3.05, 3.63) is 35.1 Å². The van der Waals surface area contributed by atoms with E-state index in [2.05, 4.69) is 27.5 Å². The molecule has 0 fully saturated rings. The second-order valence-electron chi connectivity index (χ2n) is 2.49. The predicted molar refractivity (Wildman–Crippen MR) is 60.0 cm³/mol. The molecule has 0 amide bonds. The Bertz CT molecular complexity index is 368. The van der Waals surface area contributed by atoms with Gasteiger partial charge in [-0.3, -0.25) is 0 Å². The van der Waals surface area contributed by atoms with E-state index in [9.17, 15) is 4.79 Å². The highest BCUT2D eigenvalue weighted by molar-refractivity contribution is 9.11. The summed E-state index contributed by atoms with van der Waals surface area (Å²) < 4.78 is 0.871. The number of rotatable bonds is 4. The van der Waals surface area contributed by atoms with Gasteiger partial charge in [0.05, 0.1) is 0 Å². The van der Waals surface area contributed by atoms with Crippen LogP contribution in [0.2, 0.25) is 0 Å². The monoisotopic (exact) mass is 273 g/mol. The summed E-state index contributed by atoms with van der Waals surface area (Å²) >= 11 is 4.74. The number of halogens is 1. The molecule has 0 atom stereocenters. The van der Waals surface area contributed by atoms with E-state index in [0.717, 1.165) is 9.38 Å². The van der Waals surface area contributed by atoms with E-state index in [1.807, 2.05) is 0 Å². The number of nitrogens with zero attached hydrogens (tertiary/aromatic N) is 1. The molecule has 74 valence electrons. The third-order valence-corrected chi connectivity index (χ3v) is 3.08. The zero-order valence-corrected chi connectivity index (χ0v) is 9.64. The van der Waals surface area contributed by atoms with E-state index < -0.39 is 5.97 Å². The maximum Gasteiger partial charge on any atom is 0.354 e. The van der Waals surface area contributed by atoms with Gasteiger partial charge in [0.1, 0.15) is 5.69 Å². The van der Waals surface area contributed by atoms with Crippen LogP contribution in [0.5, 0.6) is 0 Å². The van der Waals surface area contributed by atoms with Crippen LogP contribution in [0.15, 0.2) is 34.3 Å². The number of aromatic carboxylic acids is 1. The lowest BCUT2D eigenvalue weighted by atomic mass is 10.3. The van der Waals surface area contributed by atoms with Crippen molar-refractivity contribution in [2.24, 2.45) is 0 Å². The Morgan fingerprint density at radius 1 is 1.71 bits per heavy atom. The first-order chi connectivity index (χ1) is 6.59. The van der Waals surface area contributed by atoms with Crippen LogP contribution in [0.1, 0.15) is 10.5 Å². The Hall–Kier alpha value is -0.810. The fourth-order valence-electron chi connectivity index (χ4n) is 0.780. The average Bonchev–Trinajstić information content (AvgIpc) is 2.15. The van der Waals surface area contributed by atoms with Crippen LogP contribution in [0.4, 0.5) is 0 Å². The maximum atomic E-state index is 10.6. The highest BCUT2D eigenvalue weighted by Gasteiger charge is 2.04. The third-order valence-electron chi connectivity index (χ3n) is 1.35. The molecule has 0 aliphatic rings. The summed E-state index contributed by atoms with van der Waals surface area (Å²) in [5, 5.41) is 8.69. The summed E-state index contributed by atoms with van der Waals surface area (Å²) in [5.74, 6) is -0.298. The van der Waals surface area contributed by atoms with E-state index in [4.69, 9.17) is 5.11 Å². The molecule has 0 radical (unpaired) electrons. The van der Waals surface area contributed by atoms with Crippen molar-refractivity contribution in [2.75, 3.05) is 5.75 Å². The number of hydrogen-bond acceptors (Lipinski definition) is 3. The van der Waals surface area contributed by atoms with Crippen LogP contribution in [0, 0.1) is 0 Å². The van der Waals surface area contributed by atoms with Gasteiger partial charge in [-0.25, -0.2) is 9.78 Å². The molecular weight excluding hydrogens is 266 g/mol. The van der Waals surface area contributed by atoms with Crippen LogP contribution in [0.25, 0.3) is 0 Å². The summed E-state index contributed by atoms with van der Waals surface area (Å²) in [6.07, 6.45) is 1.49. The molecule has 0 saturated carbocycles. The van der Waals surface area contributed by atoms with Gasteiger partial charge in [-0.1, -0.05) is 22.5 Å². The van der Waals surface area contributed by atoms with Crippen molar-refractivity contribution in [3.63, 3.8) is 0 Å². The number of carboxylic acids is 1. The van der Waals surface area contributed by atoms with E-state index in [1.54, 1.807) is 12.1 Å². The maximum absolute atomic E-state index is 10.6. The lowest BCUT2D eigenvalue weighted by Crippen LogP contribution is -1.99. The van der Waals surface area contributed by atoms with E-state index in [1.165, 1.54) is 18.0 Å². The topological polar surface area (TPSA) is 50.2 Å².